The van der Waals surface area contributed by atoms with Gasteiger partial charge in [0.2, 0.25) is 11.8 Å². The lowest BCUT2D eigenvalue weighted by Gasteiger charge is -2.28. The third-order valence-corrected chi connectivity index (χ3v) is 5.35. The lowest BCUT2D eigenvalue weighted by molar-refractivity contribution is -0.136. The molecule has 2 aliphatic rings. The molecule has 1 atom stereocenters. The normalized spacial score (nSPS) is 23.5. The van der Waals surface area contributed by atoms with Crippen molar-refractivity contribution >= 4 is 23.2 Å². The topological polar surface area (TPSA) is 49.4 Å². The number of carbonyl (C=O) groups is 2. The van der Waals surface area contributed by atoms with Gasteiger partial charge in [-0.05, 0) is 30.7 Å². The number of hydrogen-bond donors (Lipinski definition) is 1. The van der Waals surface area contributed by atoms with Crippen molar-refractivity contribution in [3.05, 3.63) is 22.4 Å². The predicted octanol–water partition coefficient (Wildman–Crippen LogP) is 2.69. The third-order valence-electron chi connectivity index (χ3n) is 4.49. The minimum absolute atomic E-state index is 0.0457. The molecule has 2 heterocycles. The van der Waals surface area contributed by atoms with Crippen molar-refractivity contribution in [1.82, 2.24) is 10.2 Å². The summed E-state index contributed by atoms with van der Waals surface area (Å²) in [5.74, 6) is 0.150. The standard InChI is InChI=1S/C16H22N2O2S/c19-15-9-8-14(18(15)11-13-7-4-10-21-13)16(20)17-12-5-2-1-3-6-12/h4,7,10,12,14H,1-3,5-6,8-9,11H2,(H,17,20). The molecule has 2 fully saturated rings. The molecule has 0 bridgehead atoms. The average Bonchev–Trinajstić information content (AvgIpc) is 3.12. The van der Waals surface area contributed by atoms with E-state index in [4.69, 9.17) is 0 Å². The maximum absolute atomic E-state index is 12.5. The number of nitrogens with zero attached hydrogens (tertiary/aromatic N) is 1. The highest BCUT2D eigenvalue weighted by molar-refractivity contribution is 7.09. The summed E-state index contributed by atoms with van der Waals surface area (Å²) in [4.78, 5) is 27.4. The van der Waals surface area contributed by atoms with E-state index in [-0.39, 0.29) is 17.9 Å². The Bertz CT molecular complexity index is 494. The zero-order chi connectivity index (χ0) is 14.7. The fourth-order valence-corrected chi connectivity index (χ4v) is 4.02. The maximum Gasteiger partial charge on any atom is 0.243 e. The average molecular weight is 306 g/mol. The van der Waals surface area contributed by atoms with Crippen molar-refractivity contribution in [2.24, 2.45) is 0 Å². The molecule has 0 aromatic carbocycles. The van der Waals surface area contributed by atoms with E-state index in [9.17, 15) is 9.59 Å². The Hall–Kier alpha value is -1.36. The van der Waals surface area contributed by atoms with Gasteiger partial charge < -0.3 is 10.2 Å². The lowest BCUT2D eigenvalue weighted by atomic mass is 9.95. The smallest absolute Gasteiger partial charge is 0.243 e. The number of rotatable bonds is 4. The quantitative estimate of drug-likeness (QED) is 0.930. The van der Waals surface area contributed by atoms with Crippen molar-refractivity contribution in [2.45, 2.75) is 63.6 Å². The van der Waals surface area contributed by atoms with Gasteiger partial charge in [-0.15, -0.1) is 11.3 Å². The second-order valence-electron chi connectivity index (χ2n) is 6.00. The first kappa shape index (κ1) is 14.6. The summed E-state index contributed by atoms with van der Waals surface area (Å²) in [6.07, 6.45) is 6.99. The van der Waals surface area contributed by atoms with Gasteiger partial charge in [-0.25, -0.2) is 0 Å². The third kappa shape index (κ3) is 3.46. The summed E-state index contributed by atoms with van der Waals surface area (Å²) in [7, 11) is 0. The Balaban J connectivity index is 1.62. The molecule has 0 spiro atoms. The van der Waals surface area contributed by atoms with E-state index in [1.54, 1.807) is 16.2 Å². The van der Waals surface area contributed by atoms with Gasteiger partial charge in [0.15, 0.2) is 0 Å². The van der Waals surface area contributed by atoms with E-state index < -0.39 is 0 Å². The van der Waals surface area contributed by atoms with Crippen LogP contribution in [0, 0.1) is 0 Å². The van der Waals surface area contributed by atoms with Gasteiger partial charge in [0.1, 0.15) is 6.04 Å². The molecule has 1 aliphatic heterocycles. The highest BCUT2D eigenvalue weighted by atomic mass is 32.1. The first-order valence-corrected chi connectivity index (χ1v) is 8.74. The molecule has 1 unspecified atom stereocenters. The van der Waals surface area contributed by atoms with Crippen LogP contribution in [0.1, 0.15) is 49.8 Å². The van der Waals surface area contributed by atoms with Crippen LogP contribution in [0.25, 0.3) is 0 Å². The summed E-state index contributed by atoms with van der Waals surface area (Å²) in [5, 5.41) is 5.17. The summed E-state index contributed by atoms with van der Waals surface area (Å²) in [6, 6.07) is 4.04. The van der Waals surface area contributed by atoms with Crippen LogP contribution in [0.4, 0.5) is 0 Å². The maximum atomic E-state index is 12.5. The van der Waals surface area contributed by atoms with Gasteiger partial charge in [0.05, 0.1) is 6.54 Å². The van der Waals surface area contributed by atoms with Crippen molar-refractivity contribution < 1.29 is 9.59 Å². The number of amides is 2. The molecule has 114 valence electrons. The predicted molar refractivity (Wildman–Crippen MR) is 82.9 cm³/mol. The van der Waals surface area contributed by atoms with Crippen LogP contribution in [0.2, 0.25) is 0 Å². The van der Waals surface area contributed by atoms with Crippen molar-refractivity contribution in [1.29, 1.82) is 0 Å². The van der Waals surface area contributed by atoms with Crippen molar-refractivity contribution in [2.75, 3.05) is 0 Å². The molecule has 1 aliphatic carbocycles. The fourth-order valence-electron chi connectivity index (χ4n) is 3.32. The Morgan fingerprint density at radius 2 is 2.10 bits per heavy atom. The van der Waals surface area contributed by atoms with Gasteiger partial charge in [-0.3, -0.25) is 9.59 Å². The molecule has 5 heteroatoms. The second-order valence-corrected chi connectivity index (χ2v) is 7.03. The van der Waals surface area contributed by atoms with Crippen LogP contribution in [0.3, 0.4) is 0 Å². The van der Waals surface area contributed by atoms with E-state index >= 15 is 0 Å². The molecule has 1 saturated carbocycles. The highest BCUT2D eigenvalue weighted by Gasteiger charge is 2.36. The van der Waals surface area contributed by atoms with Crippen LogP contribution >= 0.6 is 11.3 Å². The van der Waals surface area contributed by atoms with Crippen molar-refractivity contribution in [3.8, 4) is 0 Å². The molecule has 4 nitrogen and oxygen atoms in total. The van der Waals surface area contributed by atoms with E-state index in [1.807, 2.05) is 17.5 Å². The Labute approximate surface area is 129 Å². The molecule has 1 N–H and O–H groups in total. The number of thiophene rings is 1. The number of carbonyl (C=O) groups excluding carboxylic acids is 2. The van der Waals surface area contributed by atoms with Gasteiger partial charge in [0.25, 0.3) is 0 Å². The minimum Gasteiger partial charge on any atom is -0.352 e. The molecular weight excluding hydrogens is 284 g/mol. The van der Waals surface area contributed by atoms with Crippen LogP contribution in [0.15, 0.2) is 17.5 Å². The van der Waals surface area contributed by atoms with E-state index in [2.05, 4.69) is 5.32 Å². The Kier molecular flexibility index (Phi) is 4.58. The van der Waals surface area contributed by atoms with E-state index in [1.165, 1.54) is 19.3 Å². The molecule has 2 amide bonds. The van der Waals surface area contributed by atoms with Gasteiger partial charge in [-0.2, -0.15) is 0 Å². The molecule has 1 saturated heterocycles. The molecule has 0 radical (unpaired) electrons. The van der Waals surface area contributed by atoms with Gasteiger partial charge >= 0.3 is 0 Å². The Morgan fingerprint density at radius 1 is 1.29 bits per heavy atom. The number of likely N-dealkylation sites (tertiary alicyclic amines) is 1. The summed E-state index contributed by atoms with van der Waals surface area (Å²) >= 11 is 1.64. The lowest BCUT2D eigenvalue weighted by Crippen LogP contribution is -2.48. The fraction of sp³-hybridized carbons (Fsp3) is 0.625. The van der Waals surface area contributed by atoms with Crippen molar-refractivity contribution in [3.63, 3.8) is 0 Å². The van der Waals surface area contributed by atoms with Crippen LogP contribution in [-0.4, -0.2) is 28.8 Å². The van der Waals surface area contributed by atoms with Gasteiger partial charge in [0, 0.05) is 17.3 Å². The molecule has 1 aromatic rings. The number of nitrogens with one attached hydrogen (secondary N) is 1. The van der Waals surface area contributed by atoms with Crippen LogP contribution < -0.4 is 5.32 Å². The molecule has 3 rings (SSSR count). The van der Waals surface area contributed by atoms with E-state index in [0.717, 1.165) is 17.7 Å². The summed E-state index contributed by atoms with van der Waals surface area (Å²) in [6.45, 7) is 0.569. The second kappa shape index (κ2) is 6.60. The zero-order valence-corrected chi connectivity index (χ0v) is 13.0. The molecule has 1 aromatic heterocycles. The van der Waals surface area contributed by atoms with Crippen LogP contribution in [0.5, 0.6) is 0 Å². The first-order valence-electron chi connectivity index (χ1n) is 7.86. The molecule has 21 heavy (non-hydrogen) atoms. The Morgan fingerprint density at radius 3 is 2.81 bits per heavy atom. The highest BCUT2D eigenvalue weighted by Crippen LogP contribution is 2.24. The van der Waals surface area contributed by atoms with Crippen LogP contribution in [-0.2, 0) is 16.1 Å². The molecular formula is C16H22N2O2S. The largest absolute Gasteiger partial charge is 0.352 e. The first-order chi connectivity index (χ1) is 10.2. The van der Waals surface area contributed by atoms with Gasteiger partial charge in [-0.1, -0.05) is 25.3 Å². The zero-order valence-electron chi connectivity index (χ0n) is 12.2. The summed E-state index contributed by atoms with van der Waals surface area (Å²) < 4.78 is 0. The SMILES string of the molecule is O=C(NC1CCCCC1)C1CCC(=O)N1Cc1cccs1. The number of hydrogen-bond acceptors (Lipinski definition) is 3. The monoisotopic (exact) mass is 306 g/mol. The summed E-state index contributed by atoms with van der Waals surface area (Å²) in [5.41, 5.74) is 0. The van der Waals surface area contributed by atoms with E-state index in [0.29, 0.717) is 25.4 Å². The minimum atomic E-state index is -0.276.